The molecule has 0 aliphatic heterocycles. The summed E-state index contributed by atoms with van der Waals surface area (Å²) in [5.41, 5.74) is 1.96. The van der Waals surface area contributed by atoms with Gasteiger partial charge in [0.1, 0.15) is 5.82 Å². The minimum Gasteiger partial charge on any atom is -0.355 e. The molecule has 3 rings (SSSR count). The summed E-state index contributed by atoms with van der Waals surface area (Å²) in [7, 11) is 0. The number of rotatable bonds is 7. The predicted octanol–water partition coefficient (Wildman–Crippen LogP) is 3.29. The summed E-state index contributed by atoms with van der Waals surface area (Å²) in [4.78, 5) is 12.3. The van der Waals surface area contributed by atoms with E-state index in [4.69, 9.17) is 0 Å². The molecule has 1 aromatic heterocycles. The fourth-order valence-electron chi connectivity index (χ4n) is 2.86. The average molecular weight is 375 g/mol. The summed E-state index contributed by atoms with van der Waals surface area (Å²) in [6.07, 6.45) is 8.00. The van der Waals surface area contributed by atoms with Crippen molar-refractivity contribution in [2.24, 2.45) is 0 Å². The van der Waals surface area contributed by atoms with Crippen LogP contribution in [0.4, 0.5) is 4.39 Å². The molecule has 1 heterocycles. The van der Waals surface area contributed by atoms with Crippen LogP contribution in [0.3, 0.4) is 0 Å². The summed E-state index contributed by atoms with van der Waals surface area (Å²) in [5, 5.41) is 14.6. The summed E-state index contributed by atoms with van der Waals surface area (Å²) in [6, 6.07) is 6.02. The van der Waals surface area contributed by atoms with E-state index in [0.717, 1.165) is 19.3 Å². The maximum absolute atomic E-state index is 13.4. The molecule has 0 saturated heterocycles. The molecule has 1 aliphatic rings. The second kappa shape index (κ2) is 8.93. The highest BCUT2D eigenvalue weighted by atomic mass is 32.2. The molecule has 0 radical (unpaired) electrons. The smallest absolute Gasteiger partial charge is 0.233 e. The molecule has 1 unspecified atom stereocenters. The quantitative estimate of drug-likeness (QED) is 0.594. The molecule has 0 spiro atoms. The average Bonchev–Trinajstić information content (AvgIpc) is 3.10. The van der Waals surface area contributed by atoms with Crippen LogP contribution in [0.1, 0.15) is 39.0 Å². The van der Waals surface area contributed by atoms with E-state index in [1.165, 1.54) is 47.0 Å². The van der Waals surface area contributed by atoms with Crippen LogP contribution in [0.5, 0.6) is 0 Å². The fourth-order valence-corrected chi connectivity index (χ4v) is 3.69. The molecule has 1 aliphatic carbocycles. The standard InChI is InChI=1S/C18H22FN5OS/c1-13(17(25)20-11-10-14-6-3-2-4-7-14)26-18-21-22-23-24(18)16-9-5-8-15(19)12-16/h5-6,8-9,12-13H,2-4,7,10-11H2,1H3,(H,20,25). The number of aromatic nitrogens is 4. The molecule has 2 aromatic rings. The summed E-state index contributed by atoms with van der Waals surface area (Å²) in [6.45, 7) is 2.45. The topological polar surface area (TPSA) is 72.7 Å². The molecular weight excluding hydrogens is 353 g/mol. The van der Waals surface area contributed by atoms with Gasteiger partial charge in [-0.1, -0.05) is 29.5 Å². The number of amides is 1. The molecule has 26 heavy (non-hydrogen) atoms. The Morgan fingerprint density at radius 3 is 3.08 bits per heavy atom. The number of benzene rings is 1. The van der Waals surface area contributed by atoms with Crippen molar-refractivity contribution in [3.05, 3.63) is 41.7 Å². The van der Waals surface area contributed by atoms with Gasteiger partial charge in [-0.2, -0.15) is 4.68 Å². The summed E-state index contributed by atoms with van der Waals surface area (Å²) >= 11 is 1.25. The first-order valence-electron chi connectivity index (χ1n) is 8.80. The first-order chi connectivity index (χ1) is 12.6. The summed E-state index contributed by atoms with van der Waals surface area (Å²) < 4.78 is 14.9. The number of nitrogens with one attached hydrogen (secondary N) is 1. The molecule has 0 bridgehead atoms. The Labute approximate surface area is 156 Å². The third kappa shape index (κ3) is 4.91. The molecule has 1 N–H and O–H groups in total. The van der Waals surface area contributed by atoms with Gasteiger partial charge in [-0.3, -0.25) is 4.79 Å². The highest BCUT2D eigenvalue weighted by molar-refractivity contribution is 8.00. The second-order valence-corrected chi connectivity index (χ2v) is 7.57. The Morgan fingerprint density at radius 1 is 1.42 bits per heavy atom. The van der Waals surface area contributed by atoms with Crippen molar-refractivity contribution >= 4 is 17.7 Å². The van der Waals surface area contributed by atoms with Crippen molar-refractivity contribution in [3.63, 3.8) is 0 Å². The van der Waals surface area contributed by atoms with E-state index in [9.17, 15) is 9.18 Å². The van der Waals surface area contributed by atoms with Gasteiger partial charge in [0.2, 0.25) is 11.1 Å². The number of carbonyl (C=O) groups excluding carboxylic acids is 1. The largest absolute Gasteiger partial charge is 0.355 e. The van der Waals surface area contributed by atoms with Crippen LogP contribution in [-0.4, -0.2) is 37.9 Å². The van der Waals surface area contributed by atoms with Crippen molar-refractivity contribution in [2.45, 2.75) is 49.4 Å². The van der Waals surface area contributed by atoms with Gasteiger partial charge in [0.15, 0.2) is 0 Å². The third-order valence-electron chi connectivity index (χ3n) is 4.28. The highest BCUT2D eigenvalue weighted by Gasteiger charge is 2.19. The van der Waals surface area contributed by atoms with Crippen molar-refractivity contribution in [3.8, 4) is 5.69 Å². The van der Waals surface area contributed by atoms with E-state index in [1.54, 1.807) is 12.1 Å². The van der Waals surface area contributed by atoms with E-state index in [2.05, 4.69) is 26.9 Å². The minimum atomic E-state index is -0.364. The molecule has 0 fully saturated rings. The van der Waals surface area contributed by atoms with Crippen molar-refractivity contribution in [1.82, 2.24) is 25.5 Å². The molecule has 1 aromatic carbocycles. The molecule has 1 amide bonds. The first-order valence-corrected chi connectivity index (χ1v) is 9.68. The van der Waals surface area contributed by atoms with Crippen LogP contribution in [0.25, 0.3) is 5.69 Å². The Bertz CT molecular complexity index is 791. The lowest BCUT2D eigenvalue weighted by Crippen LogP contribution is -2.32. The fraction of sp³-hybridized carbons (Fsp3) is 0.444. The van der Waals surface area contributed by atoms with Gasteiger partial charge >= 0.3 is 0 Å². The van der Waals surface area contributed by atoms with Crippen molar-refractivity contribution < 1.29 is 9.18 Å². The number of halogens is 1. The number of allylic oxidation sites excluding steroid dienone is 1. The SMILES string of the molecule is CC(Sc1nnnn1-c1cccc(F)c1)C(=O)NCCC1=CCCCC1. The Kier molecular flexibility index (Phi) is 6.38. The van der Waals surface area contributed by atoms with Crippen LogP contribution in [0.15, 0.2) is 41.1 Å². The zero-order valence-corrected chi connectivity index (χ0v) is 15.5. The van der Waals surface area contributed by atoms with Crippen LogP contribution in [0.2, 0.25) is 0 Å². The summed E-state index contributed by atoms with van der Waals surface area (Å²) in [5.74, 6) is -0.419. The zero-order valence-electron chi connectivity index (χ0n) is 14.7. The molecule has 0 saturated carbocycles. The number of nitrogens with zero attached hydrogens (tertiary/aromatic N) is 4. The predicted molar refractivity (Wildman–Crippen MR) is 98.6 cm³/mol. The first kappa shape index (κ1) is 18.6. The van der Waals surface area contributed by atoms with Gasteiger partial charge in [0, 0.05) is 6.54 Å². The molecule has 6 nitrogen and oxygen atoms in total. The number of carbonyl (C=O) groups is 1. The number of hydrogen-bond donors (Lipinski definition) is 1. The number of tetrazole rings is 1. The number of hydrogen-bond acceptors (Lipinski definition) is 5. The highest BCUT2D eigenvalue weighted by Crippen LogP contribution is 2.23. The maximum Gasteiger partial charge on any atom is 0.233 e. The van der Waals surface area contributed by atoms with Crippen molar-refractivity contribution in [1.29, 1.82) is 0 Å². The van der Waals surface area contributed by atoms with Crippen LogP contribution in [-0.2, 0) is 4.79 Å². The normalized spacial score (nSPS) is 15.4. The number of thioether (sulfide) groups is 1. The lowest BCUT2D eigenvalue weighted by molar-refractivity contribution is -0.120. The third-order valence-corrected chi connectivity index (χ3v) is 5.31. The van der Waals surface area contributed by atoms with E-state index < -0.39 is 0 Å². The molecule has 1 atom stereocenters. The monoisotopic (exact) mass is 375 g/mol. The van der Waals surface area contributed by atoms with Gasteiger partial charge in [0.05, 0.1) is 10.9 Å². The van der Waals surface area contributed by atoms with Gasteiger partial charge in [0.25, 0.3) is 0 Å². The lowest BCUT2D eigenvalue weighted by atomic mass is 9.97. The van der Waals surface area contributed by atoms with Crippen LogP contribution >= 0.6 is 11.8 Å². The Hall–Kier alpha value is -2.22. The maximum atomic E-state index is 13.4. The second-order valence-electron chi connectivity index (χ2n) is 6.26. The van der Waals surface area contributed by atoms with Crippen LogP contribution in [0, 0.1) is 5.82 Å². The molecular formula is C18H22FN5OS. The van der Waals surface area contributed by atoms with Crippen LogP contribution < -0.4 is 5.32 Å². The molecule has 138 valence electrons. The van der Waals surface area contributed by atoms with Crippen molar-refractivity contribution in [2.75, 3.05) is 6.54 Å². The van der Waals surface area contributed by atoms with Gasteiger partial charge in [-0.25, -0.2) is 4.39 Å². The van der Waals surface area contributed by atoms with Gasteiger partial charge in [-0.05, 0) is 67.7 Å². The Morgan fingerprint density at radius 2 is 2.31 bits per heavy atom. The van der Waals surface area contributed by atoms with Gasteiger partial charge < -0.3 is 5.32 Å². The van der Waals surface area contributed by atoms with E-state index in [0.29, 0.717) is 17.4 Å². The van der Waals surface area contributed by atoms with E-state index in [1.807, 2.05) is 6.92 Å². The minimum absolute atomic E-state index is 0.0554. The lowest BCUT2D eigenvalue weighted by Gasteiger charge is -2.14. The van der Waals surface area contributed by atoms with E-state index >= 15 is 0 Å². The van der Waals surface area contributed by atoms with Gasteiger partial charge in [-0.15, -0.1) is 5.10 Å². The molecule has 8 heteroatoms. The Balaban J connectivity index is 1.54. The zero-order chi connectivity index (χ0) is 18.4. The van der Waals surface area contributed by atoms with E-state index in [-0.39, 0.29) is 17.0 Å².